The maximum absolute atomic E-state index is 13.2. The Morgan fingerprint density at radius 1 is 1.00 bits per heavy atom. The first-order chi connectivity index (χ1) is 15.1. The van der Waals surface area contributed by atoms with Crippen molar-refractivity contribution in [3.63, 3.8) is 0 Å². The second-order valence-electron chi connectivity index (χ2n) is 8.05. The third kappa shape index (κ3) is 4.82. The van der Waals surface area contributed by atoms with Gasteiger partial charge < -0.3 is 19.2 Å². The zero-order valence-electron chi connectivity index (χ0n) is 17.5. The summed E-state index contributed by atoms with van der Waals surface area (Å²) in [6.07, 6.45) is -3.68. The number of hydrogen-bond acceptors (Lipinski definition) is 8. The molecule has 1 saturated heterocycles. The molecule has 1 N–H and O–H groups in total. The number of ether oxygens (including phenoxy) is 1. The SMILES string of the molecule is CC(C)(O)c1nnc(-c2ccc(N3CCC(Oc4ccccc4C(F)(F)F)CC3)nn2)o1. The minimum atomic E-state index is -4.46. The molecule has 0 aliphatic carbocycles. The standard InChI is InChI=1S/C21H22F3N5O3/c1-20(2,30)19-28-27-18(32-19)15-7-8-17(26-25-15)29-11-9-13(10-12-29)31-16-6-4-3-5-14(16)21(22,23)24/h3-8,13,30H,9-12H2,1-2H3. The monoisotopic (exact) mass is 449 g/mol. The fraction of sp³-hybridized carbons (Fsp3) is 0.429. The van der Waals surface area contributed by atoms with Crippen LogP contribution in [0.5, 0.6) is 5.75 Å². The summed E-state index contributed by atoms with van der Waals surface area (Å²) >= 11 is 0. The molecule has 1 aliphatic rings. The van der Waals surface area contributed by atoms with E-state index in [1.165, 1.54) is 32.0 Å². The molecule has 3 heterocycles. The summed E-state index contributed by atoms with van der Waals surface area (Å²) in [6.45, 7) is 4.20. The molecular formula is C21H22F3N5O3. The van der Waals surface area contributed by atoms with E-state index >= 15 is 0 Å². The maximum Gasteiger partial charge on any atom is 0.419 e. The molecule has 0 atom stereocenters. The van der Waals surface area contributed by atoms with E-state index in [1.54, 1.807) is 12.1 Å². The van der Waals surface area contributed by atoms with Gasteiger partial charge in [-0.05, 0) is 38.1 Å². The van der Waals surface area contributed by atoms with Gasteiger partial charge in [0.05, 0.1) is 5.56 Å². The second kappa shape index (κ2) is 8.38. The smallest absolute Gasteiger partial charge is 0.419 e. The molecule has 2 aromatic heterocycles. The van der Waals surface area contributed by atoms with Crippen LogP contribution < -0.4 is 9.64 Å². The lowest BCUT2D eigenvalue weighted by Crippen LogP contribution is -2.39. The predicted molar refractivity (Wildman–Crippen MR) is 108 cm³/mol. The molecule has 11 heteroatoms. The van der Waals surface area contributed by atoms with Crippen LogP contribution in [0, 0.1) is 0 Å². The summed E-state index contributed by atoms with van der Waals surface area (Å²) < 4.78 is 50.6. The highest BCUT2D eigenvalue weighted by molar-refractivity contribution is 5.49. The van der Waals surface area contributed by atoms with Crippen molar-refractivity contribution in [1.29, 1.82) is 0 Å². The molecular weight excluding hydrogens is 427 g/mol. The van der Waals surface area contributed by atoms with E-state index in [4.69, 9.17) is 9.15 Å². The van der Waals surface area contributed by atoms with Crippen LogP contribution in [-0.4, -0.2) is 44.7 Å². The van der Waals surface area contributed by atoms with E-state index in [-0.39, 0.29) is 23.6 Å². The molecule has 1 fully saturated rings. The number of aliphatic hydroxyl groups is 1. The molecule has 32 heavy (non-hydrogen) atoms. The van der Waals surface area contributed by atoms with Gasteiger partial charge >= 0.3 is 6.18 Å². The van der Waals surface area contributed by atoms with E-state index in [9.17, 15) is 18.3 Å². The first-order valence-electron chi connectivity index (χ1n) is 10.1. The number of hydrogen-bond donors (Lipinski definition) is 1. The number of nitrogens with zero attached hydrogens (tertiary/aromatic N) is 5. The van der Waals surface area contributed by atoms with Crippen molar-refractivity contribution >= 4 is 5.82 Å². The third-order valence-electron chi connectivity index (χ3n) is 5.07. The van der Waals surface area contributed by atoms with Crippen LogP contribution in [0.4, 0.5) is 19.0 Å². The van der Waals surface area contributed by atoms with Gasteiger partial charge in [0.25, 0.3) is 5.89 Å². The number of aromatic nitrogens is 4. The molecule has 4 rings (SSSR count). The summed E-state index contributed by atoms with van der Waals surface area (Å²) in [4.78, 5) is 1.99. The van der Waals surface area contributed by atoms with Gasteiger partial charge in [-0.1, -0.05) is 12.1 Å². The number of benzene rings is 1. The van der Waals surface area contributed by atoms with Gasteiger partial charge in [-0.3, -0.25) is 0 Å². The van der Waals surface area contributed by atoms with Gasteiger partial charge in [0.1, 0.15) is 23.1 Å². The Balaban J connectivity index is 1.37. The fourth-order valence-electron chi connectivity index (χ4n) is 3.37. The Bertz CT molecular complexity index is 1060. The Kier molecular flexibility index (Phi) is 5.76. The Labute approximate surface area is 182 Å². The Hall–Kier alpha value is -3.21. The number of rotatable bonds is 5. The average Bonchev–Trinajstić information content (AvgIpc) is 3.25. The van der Waals surface area contributed by atoms with Crippen molar-refractivity contribution in [2.75, 3.05) is 18.0 Å². The van der Waals surface area contributed by atoms with Gasteiger partial charge in [-0.15, -0.1) is 20.4 Å². The van der Waals surface area contributed by atoms with E-state index in [1.807, 2.05) is 4.90 Å². The summed E-state index contributed by atoms with van der Waals surface area (Å²) in [5.74, 6) is 0.710. The van der Waals surface area contributed by atoms with Crippen molar-refractivity contribution in [3.05, 3.63) is 47.9 Å². The van der Waals surface area contributed by atoms with Crippen LogP contribution in [0.1, 0.15) is 38.1 Å². The van der Waals surface area contributed by atoms with Crippen molar-refractivity contribution in [3.8, 4) is 17.3 Å². The molecule has 0 spiro atoms. The summed E-state index contributed by atoms with van der Waals surface area (Å²) in [5, 5.41) is 25.9. The molecule has 0 saturated carbocycles. The van der Waals surface area contributed by atoms with Crippen molar-refractivity contribution in [2.24, 2.45) is 0 Å². The normalized spacial score (nSPS) is 15.8. The van der Waals surface area contributed by atoms with Crippen LogP contribution in [0.2, 0.25) is 0 Å². The number of alkyl halides is 3. The Morgan fingerprint density at radius 3 is 2.31 bits per heavy atom. The molecule has 8 nitrogen and oxygen atoms in total. The molecule has 3 aromatic rings. The van der Waals surface area contributed by atoms with Crippen LogP contribution >= 0.6 is 0 Å². The summed E-state index contributed by atoms with van der Waals surface area (Å²) in [7, 11) is 0. The summed E-state index contributed by atoms with van der Waals surface area (Å²) in [5.41, 5.74) is -1.65. The van der Waals surface area contributed by atoms with Gasteiger partial charge in [0, 0.05) is 25.9 Å². The lowest BCUT2D eigenvalue weighted by Gasteiger charge is -2.33. The lowest BCUT2D eigenvalue weighted by atomic mass is 10.1. The minimum absolute atomic E-state index is 0.0764. The number of para-hydroxylation sites is 1. The average molecular weight is 449 g/mol. The van der Waals surface area contributed by atoms with Crippen LogP contribution in [0.3, 0.4) is 0 Å². The fourth-order valence-corrected chi connectivity index (χ4v) is 3.37. The molecule has 0 radical (unpaired) electrons. The number of anilines is 1. The third-order valence-corrected chi connectivity index (χ3v) is 5.07. The van der Waals surface area contributed by atoms with E-state index in [2.05, 4.69) is 20.4 Å². The van der Waals surface area contributed by atoms with E-state index in [0.29, 0.717) is 37.4 Å². The first-order valence-corrected chi connectivity index (χ1v) is 10.1. The zero-order valence-corrected chi connectivity index (χ0v) is 17.5. The topological polar surface area (TPSA) is 97.4 Å². The van der Waals surface area contributed by atoms with Crippen LogP contribution in [0.25, 0.3) is 11.6 Å². The minimum Gasteiger partial charge on any atom is -0.490 e. The quantitative estimate of drug-likeness (QED) is 0.628. The van der Waals surface area contributed by atoms with Crippen molar-refractivity contribution < 1.29 is 27.4 Å². The second-order valence-corrected chi connectivity index (χ2v) is 8.05. The highest BCUT2D eigenvalue weighted by atomic mass is 19.4. The highest BCUT2D eigenvalue weighted by Crippen LogP contribution is 2.37. The van der Waals surface area contributed by atoms with Gasteiger partial charge in [-0.2, -0.15) is 13.2 Å². The lowest BCUT2D eigenvalue weighted by molar-refractivity contribution is -0.139. The van der Waals surface area contributed by atoms with Gasteiger partial charge in [-0.25, -0.2) is 0 Å². The maximum atomic E-state index is 13.2. The number of halogens is 3. The molecule has 1 aliphatic heterocycles. The molecule has 0 unspecified atom stereocenters. The number of piperidine rings is 1. The van der Waals surface area contributed by atoms with Gasteiger partial charge in [0.2, 0.25) is 5.89 Å². The Morgan fingerprint density at radius 2 is 1.72 bits per heavy atom. The van der Waals surface area contributed by atoms with Crippen molar-refractivity contribution in [1.82, 2.24) is 20.4 Å². The largest absolute Gasteiger partial charge is 0.490 e. The zero-order chi connectivity index (χ0) is 22.9. The predicted octanol–water partition coefficient (Wildman–Crippen LogP) is 3.82. The first kappa shape index (κ1) is 22.0. The molecule has 170 valence electrons. The summed E-state index contributed by atoms with van der Waals surface area (Å²) in [6, 6.07) is 8.70. The molecule has 0 bridgehead atoms. The van der Waals surface area contributed by atoms with Crippen LogP contribution in [-0.2, 0) is 11.8 Å². The van der Waals surface area contributed by atoms with Crippen LogP contribution in [0.15, 0.2) is 40.8 Å². The van der Waals surface area contributed by atoms with E-state index in [0.717, 1.165) is 6.07 Å². The molecule has 0 amide bonds. The van der Waals surface area contributed by atoms with Gasteiger partial charge in [0.15, 0.2) is 5.82 Å². The molecule has 1 aromatic carbocycles. The van der Waals surface area contributed by atoms with E-state index < -0.39 is 17.3 Å². The van der Waals surface area contributed by atoms with Crippen molar-refractivity contribution in [2.45, 2.75) is 44.6 Å². The highest BCUT2D eigenvalue weighted by Gasteiger charge is 2.35.